The number of likely N-dealkylation sites (tertiary alicyclic amines) is 1. The third-order valence-electron chi connectivity index (χ3n) is 13.0. The summed E-state index contributed by atoms with van der Waals surface area (Å²) in [5.41, 5.74) is 0.432. The first-order valence-electron chi connectivity index (χ1n) is 14.5. The van der Waals surface area contributed by atoms with E-state index in [0.29, 0.717) is 42.2 Å². The highest BCUT2D eigenvalue weighted by Gasteiger charge is 2.70. The lowest BCUT2D eigenvalue weighted by Gasteiger charge is -2.73. The minimum Gasteiger partial charge on any atom is -0.474 e. The van der Waals surface area contributed by atoms with Crippen LogP contribution in [0.5, 0.6) is 0 Å². The van der Waals surface area contributed by atoms with Crippen LogP contribution < -0.4 is 0 Å². The minimum absolute atomic E-state index is 0.126. The Hall–Kier alpha value is -1.36. The average Bonchev–Trinajstić information content (AvgIpc) is 3.24. The first-order valence-corrected chi connectivity index (χ1v) is 14.5. The molecule has 2 N–H and O–H groups in total. The Kier molecular flexibility index (Phi) is 7.02. The van der Waals surface area contributed by atoms with Crippen molar-refractivity contribution in [3.05, 3.63) is 12.7 Å². The molecule has 0 aromatic rings. The van der Waals surface area contributed by atoms with Crippen molar-refractivity contribution in [2.45, 2.75) is 111 Å². The van der Waals surface area contributed by atoms with Crippen molar-refractivity contribution in [3.8, 4) is 0 Å². The third-order valence-corrected chi connectivity index (χ3v) is 13.0. The van der Waals surface area contributed by atoms with Crippen LogP contribution in [0.2, 0.25) is 0 Å². The van der Waals surface area contributed by atoms with Gasteiger partial charge < -0.3 is 15.1 Å². The standard InChI is InChI=1S/C28H45NO4.C3H6/c1-24(2)20-10-12-27(5)21(25(20,3)15-16-29(24)22(31)23(32)33)9-8-18-19-7-6-11-28(19,17-30)14-13-26(18,27)4;1-3-2/h18-21,30H,6-17H2,1-5H3,(H,32,33);3H,1H2,2H3/t18?,19?,20?,21?,25?,26-,27?,28?;/m1./s1. The summed E-state index contributed by atoms with van der Waals surface area (Å²) in [6.45, 7) is 18.1. The molecule has 5 heteroatoms. The van der Waals surface area contributed by atoms with Crippen molar-refractivity contribution in [3.63, 3.8) is 0 Å². The number of hydrogen-bond donors (Lipinski definition) is 2. The second-order valence-corrected chi connectivity index (χ2v) is 14.3. The van der Waals surface area contributed by atoms with E-state index in [1.165, 1.54) is 51.4 Å². The number of nitrogens with zero attached hydrogens (tertiary/aromatic N) is 1. The molecule has 1 saturated heterocycles. The molecule has 0 radical (unpaired) electrons. The Morgan fingerprint density at radius 3 is 2.17 bits per heavy atom. The third kappa shape index (κ3) is 3.57. The maximum atomic E-state index is 12.5. The SMILES string of the molecule is C=CC.CC12CCN(C(=O)C(=O)O)C(C)(C)C1CCC1(C)C2CCC2C3CCCC3(CO)CC[C@]21C. The van der Waals surface area contributed by atoms with Gasteiger partial charge in [0.25, 0.3) is 0 Å². The molecule has 0 aromatic carbocycles. The van der Waals surface area contributed by atoms with Crippen LogP contribution in [0.15, 0.2) is 12.7 Å². The fourth-order valence-electron chi connectivity index (χ4n) is 11.2. The number of aliphatic hydroxyl groups is 1. The number of rotatable bonds is 1. The molecule has 1 aliphatic heterocycles. The lowest BCUT2D eigenvalue weighted by molar-refractivity contribution is -0.241. The fraction of sp³-hybridized carbons (Fsp3) is 0.871. The van der Waals surface area contributed by atoms with Gasteiger partial charge in [-0.3, -0.25) is 4.79 Å². The molecule has 5 rings (SSSR count). The number of hydrogen-bond acceptors (Lipinski definition) is 3. The van der Waals surface area contributed by atoms with Gasteiger partial charge in [-0.15, -0.1) is 6.58 Å². The summed E-state index contributed by atoms with van der Waals surface area (Å²) in [6.07, 6.45) is 13.6. The highest BCUT2D eigenvalue weighted by atomic mass is 16.4. The highest BCUT2D eigenvalue weighted by molar-refractivity contribution is 6.31. The quantitative estimate of drug-likeness (QED) is 0.326. The summed E-state index contributed by atoms with van der Waals surface area (Å²) < 4.78 is 0. The van der Waals surface area contributed by atoms with Crippen molar-refractivity contribution in [2.75, 3.05) is 13.2 Å². The van der Waals surface area contributed by atoms with Gasteiger partial charge in [0.05, 0.1) is 0 Å². The molecule has 5 aliphatic rings. The van der Waals surface area contributed by atoms with Gasteiger partial charge in [-0.1, -0.05) is 33.3 Å². The van der Waals surface area contributed by atoms with Crippen LogP contribution in [-0.2, 0) is 9.59 Å². The first-order chi connectivity index (χ1) is 16.8. The van der Waals surface area contributed by atoms with Crippen molar-refractivity contribution in [2.24, 2.45) is 45.3 Å². The topological polar surface area (TPSA) is 77.8 Å². The summed E-state index contributed by atoms with van der Waals surface area (Å²) in [5.74, 6) is 0.257. The van der Waals surface area contributed by atoms with Crippen LogP contribution in [0, 0.1) is 45.3 Å². The van der Waals surface area contributed by atoms with Crippen LogP contribution in [0.1, 0.15) is 106 Å². The Morgan fingerprint density at radius 1 is 0.889 bits per heavy atom. The molecule has 1 amide bonds. The summed E-state index contributed by atoms with van der Waals surface area (Å²) in [6, 6.07) is 0. The first kappa shape index (κ1) is 27.7. The molecule has 5 nitrogen and oxygen atoms in total. The molecule has 36 heavy (non-hydrogen) atoms. The second kappa shape index (κ2) is 9.13. The van der Waals surface area contributed by atoms with Gasteiger partial charge in [-0.2, -0.15) is 0 Å². The number of fused-ring (bicyclic) bond motifs is 7. The minimum atomic E-state index is -1.33. The molecule has 0 spiro atoms. The zero-order valence-electron chi connectivity index (χ0n) is 23.7. The van der Waals surface area contributed by atoms with Gasteiger partial charge in [0, 0.05) is 18.7 Å². The van der Waals surface area contributed by atoms with Gasteiger partial charge in [0.1, 0.15) is 0 Å². The number of allylic oxidation sites excluding steroid dienone is 1. The predicted octanol–water partition coefficient (Wildman–Crippen LogP) is 6.30. The van der Waals surface area contributed by atoms with Gasteiger partial charge in [-0.05, 0) is 124 Å². The Bertz CT molecular complexity index is 899. The van der Waals surface area contributed by atoms with E-state index in [9.17, 15) is 19.8 Å². The van der Waals surface area contributed by atoms with Crippen molar-refractivity contribution >= 4 is 11.9 Å². The predicted molar refractivity (Wildman–Crippen MR) is 143 cm³/mol. The van der Waals surface area contributed by atoms with E-state index in [4.69, 9.17) is 0 Å². The smallest absolute Gasteiger partial charge is 0.394 e. The number of amides is 1. The summed E-state index contributed by atoms with van der Waals surface area (Å²) >= 11 is 0. The van der Waals surface area contributed by atoms with E-state index >= 15 is 0 Å². The van der Waals surface area contributed by atoms with Crippen LogP contribution in [0.25, 0.3) is 0 Å². The number of carbonyl (C=O) groups excluding carboxylic acids is 1. The molecular weight excluding hydrogens is 450 g/mol. The number of piperidine rings is 1. The van der Waals surface area contributed by atoms with Gasteiger partial charge >= 0.3 is 11.9 Å². The van der Waals surface area contributed by atoms with Gasteiger partial charge in [0.2, 0.25) is 0 Å². The van der Waals surface area contributed by atoms with Crippen molar-refractivity contribution in [1.29, 1.82) is 0 Å². The largest absolute Gasteiger partial charge is 0.474 e. The lowest BCUT2D eigenvalue weighted by Crippen LogP contribution is -2.70. The number of carbonyl (C=O) groups is 2. The van der Waals surface area contributed by atoms with Gasteiger partial charge in [0.15, 0.2) is 0 Å². The van der Waals surface area contributed by atoms with E-state index in [1.54, 1.807) is 11.0 Å². The second-order valence-electron chi connectivity index (χ2n) is 14.3. The molecule has 4 saturated carbocycles. The maximum Gasteiger partial charge on any atom is 0.394 e. The molecular formula is C31H51NO4. The van der Waals surface area contributed by atoms with E-state index in [-0.39, 0.29) is 16.2 Å². The lowest BCUT2D eigenvalue weighted by atomic mass is 9.33. The van der Waals surface area contributed by atoms with E-state index < -0.39 is 17.4 Å². The maximum absolute atomic E-state index is 12.5. The summed E-state index contributed by atoms with van der Waals surface area (Å²) in [5, 5.41) is 19.8. The monoisotopic (exact) mass is 501 g/mol. The molecule has 8 atom stereocenters. The molecule has 1 heterocycles. The van der Waals surface area contributed by atoms with E-state index in [2.05, 4.69) is 41.2 Å². The van der Waals surface area contributed by atoms with Crippen LogP contribution in [0.3, 0.4) is 0 Å². The van der Waals surface area contributed by atoms with Crippen LogP contribution >= 0.6 is 0 Å². The number of aliphatic hydroxyl groups excluding tert-OH is 1. The zero-order valence-corrected chi connectivity index (χ0v) is 23.7. The number of aliphatic carboxylic acids is 1. The van der Waals surface area contributed by atoms with Crippen molar-refractivity contribution < 1.29 is 19.8 Å². The van der Waals surface area contributed by atoms with E-state index in [0.717, 1.165) is 12.8 Å². The summed E-state index contributed by atoms with van der Waals surface area (Å²) in [7, 11) is 0. The Labute approximate surface area is 219 Å². The average molecular weight is 502 g/mol. The molecule has 204 valence electrons. The zero-order chi connectivity index (χ0) is 26.7. The number of carboxylic acids is 1. The van der Waals surface area contributed by atoms with Crippen LogP contribution in [-0.4, -0.2) is 45.7 Å². The summed E-state index contributed by atoms with van der Waals surface area (Å²) in [4.78, 5) is 25.7. The molecule has 4 aliphatic carbocycles. The highest BCUT2D eigenvalue weighted by Crippen LogP contribution is 2.76. The van der Waals surface area contributed by atoms with Crippen molar-refractivity contribution in [1.82, 2.24) is 4.90 Å². The molecule has 0 bridgehead atoms. The Balaban J connectivity index is 0.000000967. The van der Waals surface area contributed by atoms with Gasteiger partial charge in [-0.25, -0.2) is 4.79 Å². The Morgan fingerprint density at radius 2 is 1.56 bits per heavy atom. The fourth-order valence-corrected chi connectivity index (χ4v) is 11.2. The van der Waals surface area contributed by atoms with E-state index in [1.807, 2.05) is 6.92 Å². The van der Waals surface area contributed by atoms with Crippen LogP contribution in [0.4, 0.5) is 0 Å². The molecule has 7 unspecified atom stereocenters. The number of carboxylic acid groups (broad SMARTS) is 1. The molecule has 5 fully saturated rings. The molecule has 0 aromatic heterocycles. The normalized spacial score (nSPS) is 46.7.